The molecule has 2 aromatic rings. The summed E-state index contributed by atoms with van der Waals surface area (Å²) < 4.78 is 0. The zero-order chi connectivity index (χ0) is 13.8. The van der Waals surface area contributed by atoms with Gasteiger partial charge in [0, 0.05) is 19.1 Å². The van der Waals surface area contributed by atoms with Crippen molar-refractivity contribution >= 4 is 23.1 Å². The van der Waals surface area contributed by atoms with E-state index in [-0.39, 0.29) is 0 Å². The molecule has 1 aromatic heterocycles. The number of hydrogen-bond donors (Lipinski definition) is 0. The van der Waals surface area contributed by atoms with Crippen molar-refractivity contribution in [1.29, 1.82) is 5.26 Å². The molecular formula is C15H14ClN3. The Balaban J connectivity index is 2.45. The van der Waals surface area contributed by atoms with E-state index in [4.69, 9.17) is 16.9 Å². The molecule has 96 valence electrons. The molecule has 0 saturated heterocycles. The van der Waals surface area contributed by atoms with Crippen LogP contribution >= 0.6 is 11.6 Å². The molecule has 19 heavy (non-hydrogen) atoms. The minimum Gasteiger partial charge on any atom is -0.328 e. The molecule has 2 rings (SSSR count). The second kappa shape index (κ2) is 5.73. The fourth-order valence-electron chi connectivity index (χ4n) is 2.02. The summed E-state index contributed by atoms with van der Waals surface area (Å²) >= 11 is 5.80. The lowest BCUT2D eigenvalue weighted by Crippen LogP contribution is -2.14. The van der Waals surface area contributed by atoms with Gasteiger partial charge in [0.25, 0.3) is 0 Å². The van der Waals surface area contributed by atoms with Crippen LogP contribution in [0.25, 0.3) is 0 Å². The first-order valence-corrected chi connectivity index (χ1v) is 6.45. The van der Waals surface area contributed by atoms with E-state index in [1.54, 1.807) is 12.3 Å². The second-order valence-corrected chi connectivity index (χ2v) is 4.57. The number of para-hydroxylation sites is 1. The number of alkyl halides is 1. The van der Waals surface area contributed by atoms with Crippen LogP contribution in [-0.4, -0.2) is 12.0 Å². The Hall–Kier alpha value is -2.05. The molecule has 0 bridgehead atoms. The molecule has 3 nitrogen and oxygen atoms in total. The molecule has 0 radical (unpaired) electrons. The molecular weight excluding hydrogens is 258 g/mol. The largest absolute Gasteiger partial charge is 0.328 e. The van der Waals surface area contributed by atoms with Gasteiger partial charge in [-0.3, -0.25) is 0 Å². The molecule has 0 spiro atoms. The SMILES string of the molecule is Cc1cc(CCl)cnc1N(C)c1ccccc1C#N. The highest BCUT2D eigenvalue weighted by Crippen LogP contribution is 2.27. The van der Waals surface area contributed by atoms with Gasteiger partial charge in [0.05, 0.1) is 11.3 Å². The van der Waals surface area contributed by atoms with Crippen LogP contribution in [0.4, 0.5) is 11.5 Å². The smallest absolute Gasteiger partial charge is 0.135 e. The van der Waals surface area contributed by atoms with Crippen LogP contribution < -0.4 is 4.90 Å². The Kier molecular flexibility index (Phi) is 4.03. The van der Waals surface area contributed by atoms with Crippen molar-refractivity contribution in [1.82, 2.24) is 4.98 Å². The molecule has 0 atom stereocenters. The zero-order valence-corrected chi connectivity index (χ0v) is 11.6. The first-order chi connectivity index (χ1) is 9.17. The molecule has 0 N–H and O–H groups in total. The average molecular weight is 272 g/mol. The van der Waals surface area contributed by atoms with Crippen molar-refractivity contribution in [3.8, 4) is 6.07 Å². The monoisotopic (exact) mass is 271 g/mol. The summed E-state index contributed by atoms with van der Waals surface area (Å²) in [5.74, 6) is 1.28. The first kappa shape index (κ1) is 13.4. The Morgan fingerprint density at radius 3 is 2.74 bits per heavy atom. The molecule has 0 aliphatic rings. The molecule has 0 unspecified atom stereocenters. The normalized spacial score (nSPS) is 10.0. The van der Waals surface area contributed by atoms with Gasteiger partial charge in [0.2, 0.25) is 0 Å². The maximum Gasteiger partial charge on any atom is 0.135 e. The average Bonchev–Trinajstić information content (AvgIpc) is 2.46. The highest BCUT2D eigenvalue weighted by atomic mass is 35.5. The van der Waals surface area contributed by atoms with E-state index in [0.717, 1.165) is 22.6 Å². The number of nitrogens with zero attached hydrogens (tertiary/aromatic N) is 3. The third-order valence-electron chi connectivity index (χ3n) is 2.97. The first-order valence-electron chi connectivity index (χ1n) is 5.91. The Labute approximate surface area is 118 Å². The number of pyridine rings is 1. The van der Waals surface area contributed by atoms with E-state index in [1.165, 1.54) is 0 Å². The zero-order valence-electron chi connectivity index (χ0n) is 10.9. The third-order valence-corrected chi connectivity index (χ3v) is 3.27. The molecule has 1 heterocycles. The topological polar surface area (TPSA) is 39.9 Å². The molecule has 1 aromatic carbocycles. The Morgan fingerprint density at radius 2 is 2.11 bits per heavy atom. The van der Waals surface area contributed by atoms with Crippen molar-refractivity contribution in [2.45, 2.75) is 12.8 Å². The number of anilines is 2. The number of rotatable bonds is 3. The summed E-state index contributed by atoms with van der Waals surface area (Å²) in [6.07, 6.45) is 1.76. The van der Waals surface area contributed by atoms with Crippen molar-refractivity contribution in [3.05, 3.63) is 53.2 Å². The lowest BCUT2D eigenvalue weighted by Gasteiger charge is -2.21. The van der Waals surface area contributed by atoms with Crippen LogP contribution in [0.15, 0.2) is 36.5 Å². The maximum atomic E-state index is 9.15. The lowest BCUT2D eigenvalue weighted by atomic mass is 10.1. The third kappa shape index (κ3) is 2.69. The van der Waals surface area contributed by atoms with Gasteiger partial charge in [-0.25, -0.2) is 4.98 Å². The second-order valence-electron chi connectivity index (χ2n) is 4.31. The van der Waals surface area contributed by atoms with E-state index in [1.807, 2.05) is 43.1 Å². The predicted octanol–water partition coefficient (Wildman–Crippen LogP) is 3.77. The van der Waals surface area contributed by atoms with Crippen LogP contribution in [0.1, 0.15) is 16.7 Å². The standard InChI is InChI=1S/C15H14ClN3/c1-11-7-12(8-16)10-18-15(11)19(2)14-6-4-3-5-13(14)9-17/h3-7,10H,8H2,1-2H3. The van der Waals surface area contributed by atoms with Crippen molar-refractivity contribution < 1.29 is 0 Å². The van der Waals surface area contributed by atoms with Crippen LogP contribution in [0.2, 0.25) is 0 Å². The van der Waals surface area contributed by atoms with E-state index in [9.17, 15) is 0 Å². The summed E-state index contributed by atoms with van der Waals surface area (Å²) in [6.45, 7) is 1.99. The van der Waals surface area contributed by atoms with Crippen LogP contribution in [0.3, 0.4) is 0 Å². The number of halogens is 1. The molecule has 0 fully saturated rings. The number of benzene rings is 1. The van der Waals surface area contributed by atoms with Gasteiger partial charge in [-0.05, 0) is 36.2 Å². The van der Waals surface area contributed by atoms with E-state index >= 15 is 0 Å². The fraction of sp³-hybridized carbons (Fsp3) is 0.200. The van der Waals surface area contributed by atoms with Gasteiger partial charge in [0.1, 0.15) is 11.9 Å². The molecule has 0 amide bonds. The molecule has 0 aliphatic carbocycles. The van der Waals surface area contributed by atoms with Gasteiger partial charge in [-0.1, -0.05) is 12.1 Å². The van der Waals surface area contributed by atoms with Crippen LogP contribution in [0, 0.1) is 18.3 Å². The van der Waals surface area contributed by atoms with Gasteiger partial charge in [-0.15, -0.1) is 11.6 Å². The molecule has 4 heteroatoms. The van der Waals surface area contributed by atoms with E-state index in [2.05, 4.69) is 11.1 Å². The summed E-state index contributed by atoms with van der Waals surface area (Å²) in [6, 6.07) is 11.7. The molecule has 0 saturated carbocycles. The number of nitriles is 1. The van der Waals surface area contributed by atoms with Crippen molar-refractivity contribution in [3.63, 3.8) is 0 Å². The summed E-state index contributed by atoms with van der Waals surface area (Å²) in [4.78, 5) is 6.36. The lowest BCUT2D eigenvalue weighted by molar-refractivity contribution is 1.08. The van der Waals surface area contributed by atoms with Crippen LogP contribution in [0.5, 0.6) is 0 Å². The van der Waals surface area contributed by atoms with Gasteiger partial charge < -0.3 is 4.90 Å². The Bertz CT molecular complexity index is 632. The number of aryl methyl sites for hydroxylation is 1. The summed E-state index contributed by atoms with van der Waals surface area (Å²) in [5, 5.41) is 9.15. The minimum atomic E-state index is 0.451. The van der Waals surface area contributed by atoms with Gasteiger partial charge in [-0.2, -0.15) is 5.26 Å². The van der Waals surface area contributed by atoms with Crippen LogP contribution in [-0.2, 0) is 5.88 Å². The van der Waals surface area contributed by atoms with Gasteiger partial charge in [0.15, 0.2) is 0 Å². The van der Waals surface area contributed by atoms with E-state index < -0.39 is 0 Å². The minimum absolute atomic E-state index is 0.451. The maximum absolute atomic E-state index is 9.15. The summed E-state index contributed by atoms with van der Waals surface area (Å²) in [7, 11) is 1.91. The fourth-order valence-corrected chi connectivity index (χ4v) is 2.17. The highest BCUT2D eigenvalue weighted by molar-refractivity contribution is 6.17. The van der Waals surface area contributed by atoms with Gasteiger partial charge >= 0.3 is 0 Å². The van der Waals surface area contributed by atoms with Crippen molar-refractivity contribution in [2.75, 3.05) is 11.9 Å². The summed E-state index contributed by atoms with van der Waals surface area (Å²) in [5.41, 5.74) is 3.50. The Morgan fingerprint density at radius 1 is 1.37 bits per heavy atom. The number of aromatic nitrogens is 1. The van der Waals surface area contributed by atoms with E-state index in [0.29, 0.717) is 11.4 Å². The van der Waals surface area contributed by atoms with Crippen molar-refractivity contribution in [2.24, 2.45) is 0 Å². The number of hydrogen-bond acceptors (Lipinski definition) is 3. The quantitative estimate of drug-likeness (QED) is 0.798. The highest BCUT2D eigenvalue weighted by Gasteiger charge is 2.12. The molecule has 0 aliphatic heterocycles. The predicted molar refractivity (Wildman–Crippen MR) is 77.8 cm³/mol.